The summed E-state index contributed by atoms with van der Waals surface area (Å²) in [6.45, 7) is 10.0. The van der Waals surface area contributed by atoms with Crippen LogP contribution in [0.3, 0.4) is 0 Å². The lowest BCUT2D eigenvalue weighted by atomic mass is 10.2. The lowest BCUT2D eigenvalue weighted by Gasteiger charge is -2.39. The van der Waals surface area contributed by atoms with Crippen LogP contribution in [0, 0.1) is 0 Å². The molecule has 154 valence electrons. The number of nitrogens with one attached hydrogen (secondary N) is 1. The van der Waals surface area contributed by atoms with Crippen LogP contribution >= 0.6 is 35.6 Å². The van der Waals surface area contributed by atoms with Gasteiger partial charge in [0, 0.05) is 30.2 Å². The Morgan fingerprint density at radius 3 is 2.67 bits per heavy atom. The Morgan fingerprint density at radius 1 is 1.37 bits per heavy atom. The number of hydrogen-bond acceptors (Lipinski definition) is 4. The Hall–Kier alpha value is -0.740. The maximum atomic E-state index is 12.2. The number of halogens is 2. The van der Waals surface area contributed by atoms with Crippen LogP contribution in [0.25, 0.3) is 0 Å². The summed E-state index contributed by atoms with van der Waals surface area (Å²) in [5.74, 6) is 1.57. The van der Waals surface area contributed by atoms with Gasteiger partial charge in [-0.2, -0.15) is 0 Å². The molecule has 2 rings (SSSR count). The van der Waals surface area contributed by atoms with E-state index >= 15 is 0 Å². The fourth-order valence-electron chi connectivity index (χ4n) is 2.86. The molecule has 0 bridgehead atoms. The molecule has 1 N–H and O–H groups in total. The van der Waals surface area contributed by atoms with Gasteiger partial charge in [0.05, 0.1) is 23.7 Å². The Balaban J connectivity index is 0.00000364. The maximum Gasteiger partial charge on any atom is 0.194 e. The van der Waals surface area contributed by atoms with Gasteiger partial charge in [0.15, 0.2) is 15.8 Å². The molecule has 1 aliphatic heterocycles. The van der Waals surface area contributed by atoms with Crippen LogP contribution in [0.1, 0.15) is 33.3 Å². The minimum atomic E-state index is -3.09. The predicted molar refractivity (Wildman–Crippen MR) is 122 cm³/mol. The number of sulfone groups is 1. The standard InChI is InChI=1S/C18H28ClN3O3S.HI/c1-5-20-17(22-9-10-26(23,24)18(3,4)13-22)21-12-14-7-8-15(19)11-16(14)25-6-2;/h7-8,11H,5-6,9-10,12-13H2,1-4H3,(H,20,21);1H. The second-order valence-electron chi connectivity index (χ2n) is 6.86. The minimum absolute atomic E-state index is 0. The lowest BCUT2D eigenvalue weighted by Crippen LogP contribution is -2.57. The van der Waals surface area contributed by atoms with Gasteiger partial charge in [0.2, 0.25) is 0 Å². The first kappa shape index (κ1) is 24.3. The summed E-state index contributed by atoms with van der Waals surface area (Å²) < 4.78 is 29.3. The van der Waals surface area contributed by atoms with Gasteiger partial charge in [-0.1, -0.05) is 17.7 Å². The molecule has 0 radical (unpaired) electrons. The molecule has 0 unspecified atom stereocenters. The van der Waals surface area contributed by atoms with Crippen molar-refractivity contribution >= 4 is 51.4 Å². The number of benzene rings is 1. The molecule has 9 heteroatoms. The molecule has 0 spiro atoms. The predicted octanol–water partition coefficient (Wildman–Crippen LogP) is 3.33. The van der Waals surface area contributed by atoms with Crippen molar-refractivity contribution in [3.05, 3.63) is 28.8 Å². The van der Waals surface area contributed by atoms with E-state index in [9.17, 15) is 8.42 Å². The number of hydrogen-bond donors (Lipinski definition) is 1. The zero-order valence-corrected chi connectivity index (χ0v) is 20.2. The third-order valence-electron chi connectivity index (χ3n) is 4.41. The van der Waals surface area contributed by atoms with Crippen molar-refractivity contribution in [3.8, 4) is 5.75 Å². The molecule has 1 fully saturated rings. The van der Waals surface area contributed by atoms with Gasteiger partial charge in [-0.15, -0.1) is 24.0 Å². The summed E-state index contributed by atoms with van der Waals surface area (Å²) in [6.07, 6.45) is 0. The van der Waals surface area contributed by atoms with Crippen molar-refractivity contribution in [2.75, 3.05) is 32.0 Å². The van der Waals surface area contributed by atoms with Crippen molar-refractivity contribution in [2.24, 2.45) is 4.99 Å². The molecule has 0 aromatic heterocycles. The highest BCUT2D eigenvalue weighted by atomic mass is 127. The van der Waals surface area contributed by atoms with Crippen LogP contribution in [0.2, 0.25) is 5.02 Å². The lowest BCUT2D eigenvalue weighted by molar-refractivity contribution is 0.336. The fourth-order valence-corrected chi connectivity index (χ4v) is 4.39. The fraction of sp³-hybridized carbons (Fsp3) is 0.611. The average Bonchev–Trinajstić information content (AvgIpc) is 2.56. The second kappa shape index (κ2) is 10.2. The van der Waals surface area contributed by atoms with Gasteiger partial charge in [0.1, 0.15) is 5.75 Å². The third-order valence-corrected chi connectivity index (χ3v) is 7.17. The maximum absolute atomic E-state index is 12.2. The molecule has 1 aliphatic rings. The molecule has 0 saturated carbocycles. The van der Waals surface area contributed by atoms with Gasteiger partial charge in [-0.3, -0.25) is 0 Å². The highest BCUT2D eigenvalue weighted by molar-refractivity contribution is 14.0. The van der Waals surface area contributed by atoms with E-state index in [2.05, 4.69) is 5.32 Å². The van der Waals surface area contributed by atoms with E-state index < -0.39 is 14.6 Å². The van der Waals surface area contributed by atoms with Crippen LogP contribution in [0.5, 0.6) is 5.75 Å². The summed E-state index contributed by atoms with van der Waals surface area (Å²) in [5, 5.41) is 3.89. The van der Waals surface area contributed by atoms with Gasteiger partial charge in [-0.25, -0.2) is 13.4 Å². The molecule has 1 aromatic carbocycles. The van der Waals surface area contributed by atoms with Crippen molar-refractivity contribution in [3.63, 3.8) is 0 Å². The van der Waals surface area contributed by atoms with E-state index in [0.29, 0.717) is 43.8 Å². The summed E-state index contributed by atoms with van der Waals surface area (Å²) in [6, 6.07) is 5.52. The first-order chi connectivity index (χ1) is 12.2. The number of ether oxygens (including phenoxy) is 1. The third kappa shape index (κ3) is 6.12. The second-order valence-corrected chi connectivity index (χ2v) is 10.0. The first-order valence-corrected chi connectivity index (χ1v) is 10.9. The number of aliphatic imine (C=N–C) groups is 1. The zero-order valence-electron chi connectivity index (χ0n) is 16.3. The molecule has 1 heterocycles. The van der Waals surface area contributed by atoms with E-state index in [-0.39, 0.29) is 29.7 Å². The van der Waals surface area contributed by atoms with Crippen molar-refractivity contribution in [1.82, 2.24) is 10.2 Å². The molecular formula is C18H29ClIN3O3S. The van der Waals surface area contributed by atoms with Crippen LogP contribution in [-0.4, -0.2) is 56.0 Å². The minimum Gasteiger partial charge on any atom is -0.493 e. The molecular weight excluding hydrogens is 501 g/mol. The molecule has 0 atom stereocenters. The van der Waals surface area contributed by atoms with Crippen molar-refractivity contribution in [2.45, 2.75) is 39.0 Å². The van der Waals surface area contributed by atoms with Crippen LogP contribution in [0.4, 0.5) is 0 Å². The summed E-state index contributed by atoms with van der Waals surface area (Å²) in [5.41, 5.74) is 0.940. The van der Waals surface area contributed by atoms with E-state index in [1.54, 1.807) is 19.9 Å². The first-order valence-electron chi connectivity index (χ1n) is 8.87. The van der Waals surface area contributed by atoms with Gasteiger partial charge in [0.25, 0.3) is 0 Å². The largest absolute Gasteiger partial charge is 0.493 e. The Bertz CT molecular complexity index is 769. The smallest absolute Gasteiger partial charge is 0.194 e. The van der Waals surface area contributed by atoms with E-state index in [1.165, 1.54) is 0 Å². The zero-order chi connectivity index (χ0) is 19.4. The molecule has 1 saturated heterocycles. The molecule has 0 amide bonds. The van der Waals surface area contributed by atoms with E-state index in [1.807, 2.05) is 30.9 Å². The molecule has 27 heavy (non-hydrogen) atoms. The summed E-state index contributed by atoms with van der Waals surface area (Å²) in [7, 11) is -3.09. The Kier molecular flexibility index (Phi) is 9.14. The number of nitrogens with zero attached hydrogens (tertiary/aromatic N) is 2. The monoisotopic (exact) mass is 529 g/mol. The van der Waals surface area contributed by atoms with Gasteiger partial charge < -0.3 is 15.0 Å². The van der Waals surface area contributed by atoms with Gasteiger partial charge >= 0.3 is 0 Å². The van der Waals surface area contributed by atoms with Gasteiger partial charge in [-0.05, 0) is 39.8 Å². The van der Waals surface area contributed by atoms with Crippen LogP contribution in [-0.2, 0) is 16.4 Å². The highest BCUT2D eigenvalue weighted by Gasteiger charge is 2.40. The SMILES string of the molecule is CCNC(=NCc1ccc(Cl)cc1OCC)N1CCS(=O)(=O)C(C)(C)C1.I. The normalized spacial score (nSPS) is 18.6. The van der Waals surface area contributed by atoms with Crippen molar-refractivity contribution in [1.29, 1.82) is 0 Å². The quantitative estimate of drug-likeness (QED) is 0.360. The average molecular weight is 530 g/mol. The molecule has 1 aromatic rings. The molecule has 6 nitrogen and oxygen atoms in total. The van der Waals surface area contributed by atoms with Crippen LogP contribution < -0.4 is 10.1 Å². The van der Waals surface area contributed by atoms with Crippen LogP contribution in [0.15, 0.2) is 23.2 Å². The number of rotatable bonds is 5. The topological polar surface area (TPSA) is 71.0 Å². The highest BCUT2D eigenvalue weighted by Crippen LogP contribution is 2.26. The number of guanidine groups is 1. The Labute approximate surface area is 184 Å². The van der Waals surface area contributed by atoms with E-state index in [4.69, 9.17) is 21.3 Å². The summed E-state index contributed by atoms with van der Waals surface area (Å²) >= 11 is 6.05. The molecule has 0 aliphatic carbocycles. The summed E-state index contributed by atoms with van der Waals surface area (Å²) in [4.78, 5) is 6.72. The Morgan fingerprint density at radius 2 is 2.07 bits per heavy atom. The van der Waals surface area contributed by atoms with Crippen molar-refractivity contribution < 1.29 is 13.2 Å². The van der Waals surface area contributed by atoms with E-state index in [0.717, 1.165) is 11.3 Å².